The first-order chi connectivity index (χ1) is 9.78. The van der Waals surface area contributed by atoms with Crippen molar-refractivity contribution in [3.05, 3.63) is 46.7 Å². The zero-order valence-electron chi connectivity index (χ0n) is 10.2. The molecule has 0 aliphatic carbocycles. The van der Waals surface area contributed by atoms with Crippen LogP contribution in [-0.2, 0) is 6.54 Å². The first-order valence-corrected chi connectivity index (χ1v) is 6.88. The topological polar surface area (TPSA) is 74.5 Å². The number of nitrogens with zero attached hydrogens (tertiary/aromatic N) is 4. The first-order valence-electron chi connectivity index (χ1n) is 5.77. The molecule has 0 amide bonds. The molecule has 5 nitrogen and oxygen atoms in total. The number of nitrogens with one attached hydrogen (secondary N) is 1. The van der Waals surface area contributed by atoms with Gasteiger partial charge in [0.15, 0.2) is 0 Å². The summed E-state index contributed by atoms with van der Waals surface area (Å²) < 4.78 is 8.43. The fourth-order valence-corrected chi connectivity index (χ4v) is 2.59. The molecule has 0 unspecified atom stereocenters. The monoisotopic (exact) mass is 301 g/mol. The highest BCUT2D eigenvalue weighted by atomic mass is 35.5. The number of rotatable bonds is 3. The third-order valence-corrected chi connectivity index (χ3v) is 3.64. The Kier molecular flexibility index (Phi) is 3.46. The van der Waals surface area contributed by atoms with Crippen LogP contribution < -0.4 is 5.32 Å². The Hall–Kier alpha value is -2.23. The molecule has 0 radical (unpaired) electrons. The molecule has 0 saturated carbocycles. The quantitative estimate of drug-likeness (QED) is 0.804. The molecule has 0 spiro atoms. The van der Waals surface area contributed by atoms with Crippen LogP contribution in [0.1, 0.15) is 11.3 Å². The van der Waals surface area contributed by atoms with Crippen LogP contribution in [-0.4, -0.2) is 13.7 Å². The summed E-state index contributed by atoms with van der Waals surface area (Å²) in [5.74, 6) is 0. The van der Waals surface area contributed by atoms with Gasteiger partial charge in [-0.2, -0.15) is 14.0 Å². The van der Waals surface area contributed by atoms with E-state index >= 15 is 0 Å². The summed E-state index contributed by atoms with van der Waals surface area (Å²) in [6.45, 7) is 0.535. The summed E-state index contributed by atoms with van der Waals surface area (Å²) in [5, 5.41) is 12.7. The van der Waals surface area contributed by atoms with E-state index in [1.165, 1.54) is 0 Å². The van der Waals surface area contributed by atoms with Gasteiger partial charge in [-0.3, -0.25) is 0 Å². The van der Waals surface area contributed by atoms with E-state index < -0.39 is 0 Å². The fraction of sp³-hybridized carbons (Fsp3) is 0.0769. The zero-order valence-corrected chi connectivity index (χ0v) is 11.7. The molecule has 0 bridgehead atoms. The maximum atomic E-state index is 8.83. The van der Waals surface area contributed by atoms with E-state index in [-0.39, 0.29) is 0 Å². The van der Waals surface area contributed by atoms with Gasteiger partial charge in [0.1, 0.15) is 22.8 Å². The van der Waals surface area contributed by atoms with Gasteiger partial charge in [0.05, 0.1) is 22.4 Å². The Morgan fingerprint density at radius 2 is 2.20 bits per heavy atom. The standard InChI is InChI=1S/C13H8ClN5S/c14-10-1-2-11-13(19-20-18-11)12(10)17-7-8-3-4-16-9(5-8)6-15/h1-5,17H,7H2. The predicted molar refractivity (Wildman–Crippen MR) is 78.7 cm³/mol. The van der Waals surface area contributed by atoms with Gasteiger partial charge in [-0.1, -0.05) is 11.6 Å². The summed E-state index contributed by atoms with van der Waals surface area (Å²) in [6, 6.07) is 9.23. The Bertz CT molecular complexity index is 808. The number of anilines is 1. The third-order valence-electron chi connectivity index (χ3n) is 2.79. The molecule has 98 valence electrons. The number of halogens is 1. The maximum Gasteiger partial charge on any atom is 0.140 e. The van der Waals surface area contributed by atoms with Crippen LogP contribution in [0.2, 0.25) is 5.02 Å². The summed E-state index contributed by atoms with van der Waals surface area (Å²) in [6.07, 6.45) is 1.61. The van der Waals surface area contributed by atoms with Gasteiger partial charge < -0.3 is 5.32 Å². The maximum absolute atomic E-state index is 8.83. The normalized spacial score (nSPS) is 10.4. The van der Waals surface area contributed by atoms with Gasteiger partial charge >= 0.3 is 0 Å². The lowest BCUT2D eigenvalue weighted by molar-refractivity contribution is 1.12. The van der Waals surface area contributed by atoms with Gasteiger partial charge in [0.2, 0.25) is 0 Å². The molecule has 0 saturated heterocycles. The minimum atomic E-state index is 0.393. The Labute approximate surface area is 124 Å². The molecule has 1 N–H and O–H groups in total. The number of hydrogen-bond donors (Lipinski definition) is 1. The van der Waals surface area contributed by atoms with E-state index in [1.807, 2.05) is 18.2 Å². The van der Waals surface area contributed by atoms with Crippen LogP contribution in [0.4, 0.5) is 5.69 Å². The van der Waals surface area contributed by atoms with Crippen LogP contribution >= 0.6 is 23.3 Å². The van der Waals surface area contributed by atoms with Gasteiger partial charge in [0.25, 0.3) is 0 Å². The number of pyridine rings is 1. The molecule has 2 aromatic heterocycles. The van der Waals surface area contributed by atoms with Gasteiger partial charge in [-0.05, 0) is 29.8 Å². The van der Waals surface area contributed by atoms with Crippen molar-refractivity contribution in [3.63, 3.8) is 0 Å². The molecule has 3 aromatic rings. The van der Waals surface area contributed by atoms with E-state index in [2.05, 4.69) is 19.0 Å². The van der Waals surface area contributed by atoms with Gasteiger partial charge in [-0.25, -0.2) is 4.98 Å². The lowest BCUT2D eigenvalue weighted by Crippen LogP contribution is -2.01. The molecular formula is C13H8ClN5S. The summed E-state index contributed by atoms with van der Waals surface area (Å²) in [7, 11) is 0. The Morgan fingerprint density at radius 1 is 1.30 bits per heavy atom. The van der Waals surface area contributed by atoms with E-state index in [1.54, 1.807) is 18.3 Å². The average Bonchev–Trinajstić information content (AvgIpc) is 2.95. The van der Waals surface area contributed by atoms with Crippen LogP contribution in [0.15, 0.2) is 30.5 Å². The summed E-state index contributed by atoms with van der Waals surface area (Å²) in [4.78, 5) is 3.94. The molecule has 20 heavy (non-hydrogen) atoms. The summed E-state index contributed by atoms with van der Waals surface area (Å²) >= 11 is 7.35. The SMILES string of the molecule is N#Cc1cc(CNc2c(Cl)ccc3nsnc23)ccn1. The molecule has 2 heterocycles. The third kappa shape index (κ3) is 2.41. The molecule has 0 aliphatic rings. The van der Waals surface area contributed by atoms with Crippen LogP contribution in [0.3, 0.4) is 0 Å². The minimum absolute atomic E-state index is 0.393. The van der Waals surface area contributed by atoms with Crippen molar-refractivity contribution in [1.29, 1.82) is 5.26 Å². The number of nitriles is 1. The fourth-order valence-electron chi connectivity index (χ4n) is 1.83. The summed E-state index contributed by atoms with van der Waals surface area (Å²) in [5.41, 5.74) is 3.68. The van der Waals surface area contributed by atoms with Crippen molar-refractivity contribution in [2.24, 2.45) is 0 Å². The van der Waals surface area contributed by atoms with Gasteiger partial charge in [0, 0.05) is 12.7 Å². The second-order valence-electron chi connectivity index (χ2n) is 4.07. The van der Waals surface area contributed by atoms with Crippen LogP contribution in [0.25, 0.3) is 11.0 Å². The van der Waals surface area contributed by atoms with Crippen molar-refractivity contribution in [3.8, 4) is 6.07 Å². The molecular weight excluding hydrogens is 294 g/mol. The van der Waals surface area contributed by atoms with E-state index in [4.69, 9.17) is 16.9 Å². The average molecular weight is 302 g/mol. The second kappa shape index (κ2) is 5.41. The van der Waals surface area contributed by atoms with E-state index in [0.29, 0.717) is 17.3 Å². The highest BCUT2D eigenvalue weighted by molar-refractivity contribution is 7.00. The van der Waals surface area contributed by atoms with E-state index in [9.17, 15) is 0 Å². The highest BCUT2D eigenvalue weighted by Gasteiger charge is 2.09. The number of aromatic nitrogens is 3. The van der Waals surface area contributed by atoms with Crippen LogP contribution in [0.5, 0.6) is 0 Å². The zero-order chi connectivity index (χ0) is 13.9. The lowest BCUT2D eigenvalue weighted by Gasteiger charge is -2.08. The van der Waals surface area contributed by atoms with Crippen molar-refractivity contribution in [2.45, 2.75) is 6.54 Å². The van der Waals surface area contributed by atoms with Crippen molar-refractivity contribution in [2.75, 3.05) is 5.32 Å². The molecule has 0 fully saturated rings. The molecule has 0 aliphatic heterocycles. The minimum Gasteiger partial charge on any atom is -0.378 e. The van der Waals surface area contributed by atoms with Gasteiger partial charge in [-0.15, -0.1) is 0 Å². The van der Waals surface area contributed by atoms with Crippen molar-refractivity contribution >= 4 is 40.0 Å². The largest absolute Gasteiger partial charge is 0.378 e. The second-order valence-corrected chi connectivity index (χ2v) is 5.00. The molecule has 0 atom stereocenters. The number of hydrogen-bond acceptors (Lipinski definition) is 6. The Balaban J connectivity index is 1.88. The molecule has 1 aromatic carbocycles. The van der Waals surface area contributed by atoms with Crippen LogP contribution in [0, 0.1) is 11.3 Å². The number of benzene rings is 1. The highest BCUT2D eigenvalue weighted by Crippen LogP contribution is 2.30. The Morgan fingerprint density at radius 3 is 3.05 bits per heavy atom. The van der Waals surface area contributed by atoms with E-state index in [0.717, 1.165) is 34.0 Å². The van der Waals surface area contributed by atoms with Crippen molar-refractivity contribution < 1.29 is 0 Å². The predicted octanol–water partition coefficient (Wildman–Crippen LogP) is 3.22. The lowest BCUT2D eigenvalue weighted by atomic mass is 10.2. The molecule has 3 rings (SSSR count). The van der Waals surface area contributed by atoms with Crippen molar-refractivity contribution in [1.82, 2.24) is 13.7 Å². The molecule has 7 heteroatoms. The smallest absolute Gasteiger partial charge is 0.140 e. The first kappa shape index (κ1) is 12.8. The number of fused-ring (bicyclic) bond motifs is 1.